The van der Waals surface area contributed by atoms with Gasteiger partial charge in [0, 0.05) is 26.2 Å². The molecule has 2 aromatic rings. The molecule has 2 aromatic carbocycles. The van der Waals surface area contributed by atoms with E-state index in [1.54, 1.807) is 14.2 Å². The highest BCUT2D eigenvalue weighted by molar-refractivity contribution is 5.79. The Bertz CT molecular complexity index is 881. The van der Waals surface area contributed by atoms with Crippen molar-refractivity contribution in [2.24, 2.45) is 0 Å². The van der Waals surface area contributed by atoms with Crippen LogP contribution in [-0.2, 0) is 11.2 Å². The minimum atomic E-state index is -0.320. The number of nitriles is 1. The Hall–Kier alpha value is -3.04. The summed E-state index contributed by atoms with van der Waals surface area (Å²) in [6.45, 7) is 4.57. The highest BCUT2D eigenvalue weighted by Gasteiger charge is 2.27. The summed E-state index contributed by atoms with van der Waals surface area (Å²) >= 11 is 0. The molecule has 0 aliphatic carbocycles. The van der Waals surface area contributed by atoms with Gasteiger partial charge in [-0.15, -0.1) is 0 Å². The minimum Gasteiger partial charge on any atom is -0.497 e. The Morgan fingerprint density at radius 2 is 1.76 bits per heavy atom. The zero-order chi connectivity index (χ0) is 20.8. The second kappa shape index (κ2) is 9.44. The fourth-order valence-electron chi connectivity index (χ4n) is 3.64. The SMILES string of the molecule is COc1ccc(C(C#N)N2CCN(C(=O)Cc3ccc(C)c(OC)c3)CC2)cc1. The van der Waals surface area contributed by atoms with Crippen LogP contribution >= 0.6 is 0 Å². The third-order valence-electron chi connectivity index (χ3n) is 5.41. The molecule has 0 bridgehead atoms. The van der Waals surface area contributed by atoms with Gasteiger partial charge in [-0.3, -0.25) is 9.69 Å². The number of ether oxygens (including phenoxy) is 2. The van der Waals surface area contributed by atoms with Gasteiger partial charge < -0.3 is 14.4 Å². The molecule has 29 heavy (non-hydrogen) atoms. The van der Waals surface area contributed by atoms with Crippen LogP contribution in [0.4, 0.5) is 0 Å². The summed E-state index contributed by atoms with van der Waals surface area (Å²) in [6, 6.07) is 15.5. The van der Waals surface area contributed by atoms with Gasteiger partial charge >= 0.3 is 0 Å². The number of benzene rings is 2. The van der Waals surface area contributed by atoms with Crippen LogP contribution in [-0.4, -0.2) is 56.1 Å². The van der Waals surface area contributed by atoms with Gasteiger partial charge in [0.15, 0.2) is 0 Å². The first-order valence-corrected chi connectivity index (χ1v) is 9.74. The topological polar surface area (TPSA) is 65.8 Å². The van der Waals surface area contributed by atoms with E-state index in [9.17, 15) is 10.1 Å². The Labute approximate surface area is 172 Å². The molecule has 3 rings (SSSR count). The van der Waals surface area contributed by atoms with Crippen molar-refractivity contribution in [3.05, 3.63) is 59.2 Å². The van der Waals surface area contributed by atoms with E-state index in [1.807, 2.05) is 54.3 Å². The lowest BCUT2D eigenvalue weighted by molar-refractivity contribution is -0.132. The standard InChI is InChI=1S/C23H27N3O3/c1-17-4-5-18(14-22(17)29-3)15-23(27)26-12-10-25(11-13-26)21(16-24)19-6-8-20(28-2)9-7-19/h4-9,14,21H,10-13,15H2,1-3H3. The van der Waals surface area contributed by atoms with Crippen LogP contribution in [0.25, 0.3) is 0 Å². The molecular formula is C23H27N3O3. The molecular weight excluding hydrogens is 366 g/mol. The second-order valence-corrected chi connectivity index (χ2v) is 7.20. The molecule has 1 fully saturated rings. The zero-order valence-corrected chi connectivity index (χ0v) is 17.2. The summed E-state index contributed by atoms with van der Waals surface area (Å²) in [6.07, 6.45) is 0.358. The number of rotatable bonds is 6. The second-order valence-electron chi connectivity index (χ2n) is 7.20. The summed E-state index contributed by atoms with van der Waals surface area (Å²) in [5, 5.41) is 9.68. The summed E-state index contributed by atoms with van der Waals surface area (Å²) in [7, 11) is 3.27. The third-order valence-corrected chi connectivity index (χ3v) is 5.41. The van der Waals surface area contributed by atoms with Crippen molar-refractivity contribution in [3.8, 4) is 17.6 Å². The van der Waals surface area contributed by atoms with Gasteiger partial charge in [-0.05, 0) is 41.8 Å². The number of carbonyl (C=O) groups excluding carboxylic acids is 1. The molecule has 1 heterocycles. The maximum atomic E-state index is 12.7. The van der Waals surface area contributed by atoms with Crippen molar-refractivity contribution >= 4 is 5.91 Å². The molecule has 1 saturated heterocycles. The van der Waals surface area contributed by atoms with Gasteiger partial charge in [-0.1, -0.05) is 24.3 Å². The van der Waals surface area contributed by atoms with Gasteiger partial charge in [-0.2, -0.15) is 5.26 Å². The van der Waals surface area contributed by atoms with Crippen LogP contribution in [0, 0.1) is 18.3 Å². The van der Waals surface area contributed by atoms with Crippen molar-refractivity contribution in [1.29, 1.82) is 5.26 Å². The fourth-order valence-corrected chi connectivity index (χ4v) is 3.64. The van der Waals surface area contributed by atoms with Crippen LogP contribution in [0.3, 0.4) is 0 Å². The predicted molar refractivity (Wildman–Crippen MR) is 111 cm³/mol. The van der Waals surface area contributed by atoms with Gasteiger partial charge in [-0.25, -0.2) is 0 Å². The van der Waals surface area contributed by atoms with Gasteiger partial charge in [0.25, 0.3) is 0 Å². The van der Waals surface area contributed by atoms with Gasteiger partial charge in [0.05, 0.1) is 26.7 Å². The number of methoxy groups -OCH3 is 2. The lowest BCUT2D eigenvalue weighted by Crippen LogP contribution is -2.49. The van der Waals surface area contributed by atoms with Crippen molar-refractivity contribution in [2.75, 3.05) is 40.4 Å². The molecule has 0 aromatic heterocycles. The largest absolute Gasteiger partial charge is 0.497 e. The van der Waals surface area contributed by atoms with Crippen molar-refractivity contribution < 1.29 is 14.3 Å². The number of aryl methyl sites for hydroxylation is 1. The van der Waals surface area contributed by atoms with Crippen molar-refractivity contribution in [2.45, 2.75) is 19.4 Å². The number of amides is 1. The molecule has 0 saturated carbocycles. The van der Waals surface area contributed by atoms with Crippen molar-refractivity contribution in [1.82, 2.24) is 9.80 Å². The molecule has 1 atom stereocenters. The minimum absolute atomic E-state index is 0.105. The van der Waals surface area contributed by atoms with E-state index in [1.165, 1.54) is 0 Å². The highest BCUT2D eigenvalue weighted by Crippen LogP contribution is 2.24. The van der Waals surface area contributed by atoms with Crippen LogP contribution in [0.5, 0.6) is 11.5 Å². The summed E-state index contributed by atoms with van der Waals surface area (Å²) < 4.78 is 10.5. The van der Waals surface area contributed by atoms with E-state index >= 15 is 0 Å². The lowest BCUT2D eigenvalue weighted by Gasteiger charge is -2.37. The van der Waals surface area contributed by atoms with E-state index in [0.717, 1.165) is 28.2 Å². The summed E-state index contributed by atoms with van der Waals surface area (Å²) in [4.78, 5) is 16.7. The number of carbonyl (C=O) groups is 1. The van der Waals surface area contributed by atoms with Crippen LogP contribution in [0.15, 0.2) is 42.5 Å². The fraction of sp³-hybridized carbons (Fsp3) is 0.391. The molecule has 0 spiro atoms. The van der Waals surface area contributed by atoms with E-state index in [-0.39, 0.29) is 11.9 Å². The first kappa shape index (κ1) is 20.7. The summed E-state index contributed by atoms with van der Waals surface area (Å²) in [5.74, 6) is 1.68. The number of piperazine rings is 1. The molecule has 0 N–H and O–H groups in total. The Kier molecular flexibility index (Phi) is 6.73. The molecule has 1 aliphatic heterocycles. The van der Waals surface area contributed by atoms with Crippen LogP contribution in [0.1, 0.15) is 22.7 Å². The number of hydrogen-bond donors (Lipinski definition) is 0. The van der Waals surface area contributed by atoms with Crippen molar-refractivity contribution in [3.63, 3.8) is 0 Å². The summed E-state index contributed by atoms with van der Waals surface area (Å²) in [5.41, 5.74) is 2.95. The van der Waals surface area contributed by atoms with E-state index in [4.69, 9.17) is 9.47 Å². The van der Waals surface area contributed by atoms with Crippen LogP contribution in [0.2, 0.25) is 0 Å². The first-order valence-electron chi connectivity index (χ1n) is 9.74. The average Bonchev–Trinajstić information content (AvgIpc) is 2.76. The highest BCUT2D eigenvalue weighted by atomic mass is 16.5. The monoisotopic (exact) mass is 393 g/mol. The third kappa shape index (κ3) is 4.87. The Morgan fingerprint density at radius 3 is 2.34 bits per heavy atom. The molecule has 6 heteroatoms. The number of nitrogens with zero attached hydrogens (tertiary/aromatic N) is 3. The first-order chi connectivity index (χ1) is 14.0. The molecule has 152 valence electrons. The Morgan fingerprint density at radius 1 is 1.07 bits per heavy atom. The zero-order valence-electron chi connectivity index (χ0n) is 17.2. The van der Waals surface area contributed by atoms with Crippen LogP contribution < -0.4 is 9.47 Å². The molecule has 1 unspecified atom stereocenters. The Balaban J connectivity index is 1.58. The predicted octanol–water partition coefficient (Wildman–Crippen LogP) is 2.96. The number of hydrogen-bond acceptors (Lipinski definition) is 5. The average molecular weight is 393 g/mol. The smallest absolute Gasteiger partial charge is 0.227 e. The van der Waals surface area contributed by atoms with E-state index in [0.29, 0.717) is 32.6 Å². The molecule has 0 radical (unpaired) electrons. The maximum absolute atomic E-state index is 12.7. The van der Waals surface area contributed by atoms with Gasteiger partial charge in [0.2, 0.25) is 5.91 Å². The molecule has 6 nitrogen and oxygen atoms in total. The van der Waals surface area contributed by atoms with E-state index < -0.39 is 0 Å². The lowest BCUT2D eigenvalue weighted by atomic mass is 10.0. The molecule has 1 aliphatic rings. The maximum Gasteiger partial charge on any atom is 0.227 e. The van der Waals surface area contributed by atoms with E-state index in [2.05, 4.69) is 11.0 Å². The quantitative estimate of drug-likeness (QED) is 0.755. The molecule has 1 amide bonds. The normalized spacial score (nSPS) is 15.4. The van der Waals surface area contributed by atoms with Gasteiger partial charge in [0.1, 0.15) is 17.5 Å².